The van der Waals surface area contributed by atoms with Gasteiger partial charge in [-0.3, -0.25) is 0 Å². The van der Waals surface area contributed by atoms with Gasteiger partial charge in [-0.05, 0) is 25.2 Å². The summed E-state index contributed by atoms with van der Waals surface area (Å²) >= 11 is 0. The second-order valence-electron chi connectivity index (χ2n) is 4.00. The Bertz CT molecular complexity index is 124. The van der Waals surface area contributed by atoms with Crippen molar-refractivity contribution in [1.82, 2.24) is 0 Å². The number of hydrogen-bond acceptors (Lipinski definition) is 0. The molecule has 0 saturated carbocycles. The molecule has 0 aromatic carbocycles. The molecule has 1 unspecified atom stereocenters. The Morgan fingerprint density at radius 1 is 1.25 bits per heavy atom. The topological polar surface area (TPSA) is 0 Å². The highest BCUT2D eigenvalue weighted by atomic mass is 14.1. The van der Waals surface area contributed by atoms with Gasteiger partial charge in [0.2, 0.25) is 0 Å². The molecule has 0 bridgehead atoms. The van der Waals surface area contributed by atoms with Gasteiger partial charge in [0.05, 0.1) is 0 Å². The van der Waals surface area contributed by atoms with Crippen LogP contribution in [0.4, 0.5) is 0 Å². The van der Waals surface area contributed by atoms with Crippen molar-refractivity contribution in [2.24, 2.45) is 5.92 Å². The van der Waals surface area contributed by atoms with Crippen LogP contribution in [0.2, 0.25) is 0 Å². The molecule has 1 aliphatic carbocycles. The molecule has 0 fully saturated rings. The zero-order valence-corrected chi connectivity index (χ0v) is 8.39. The van der Waals surface area contributed by atoms with Gasteiger partial charge in [0, 0.05) is 0 Å². The summed E-state index contributed by atoms with van der Waals surface area (Å²) in [5.74, 6) is 1.00. The first-order chi connectivity index (χ1) is 5.93. The minimum absolute atomic E-state index is 1.00. The predicted molar refractivity (Wildman–Crippen MR) is 55.2 cm³/mol. The summed E-state index contributed by atoms with van der Waals surface area (Å²) < 4.78 is 0. The monoisotopic (exact) mass is 166 g/mol. The van der Waals surface area contributed by atoms with E-state index in [1.165, 1.54) is 51.4 Å². The molecule has 12 heavy (non-hydrogen) atoms. The van der Waals surface area contributed by atoms with E-state index in [9.17, 15) is 0 Å². The van der Waals surface area contributed by atoms with Gasteiger partial charge in [-0.1, -0.05) is 51.2 Å². The van der Waals surface area contributed by atoms with Crippen molar-refractivity contribution in [1.29, 1.82) is 0 Å². The molecular weight excluding hydrogens is 144 g/mol. The highest BCUT2D eigenvalue weighted by Crippen LogP contribution is 2.22. The molecule has 0 radical (unpaired) electrons. The smallest absolute Gasteiger partial charge is 0.0322 e. The van der Waals surface area contributed by atoms with E-state index in [1.807, 2.05) is 0 Å². The normalized spacial score (nSPS) is 24.9. The van der Waals surface area contributed by atoms with E-state index in [0.29, 0.717) is 0 Å². The lowest BCUT2D eigenvalue weighted by molar-refractivity contribution is 0.415. The molecule has 0 aromatic heterocycles. The fourth-order valence-corrected chi connectivity index (χ4v) is 1.97. The van der Waals surface area contributed by atoms with Crippen molar-refractivity contribution in [2.45, 2.75) is 58.3 Å². The summed E-state index contributed by atoms with van der Waals surface area (Å²) in [6, 6.07) is 0. The van der Waals surface area contributed by atoms with Gasteiger partial charge in [-0.15, -0.1) is 0 Å². The highest BCUT2D eigenvalue weighted by Gasteiger charge is 2.07. The zero-order valence-electron chi connectivity index (χ0n) is 8.39. The molecule has 0 N–H and O–H groups in total. The largest absolute Gasteiger partial charge is 0.0885 e. The molecule has 1 rings (SSSR count). The lowest BCUT2D eigenvalue weighted by atomic mass is 9.90. The summed E-state index contributed by atoms with van der Waals surface area (Å²) in [4.78, 5) is 0. The molecule has 0 amide bonds. The van der Waals surface area contributed by atoms with Crippen LogP contribution in [0.15, 0.2) is 12.2 Å². The van der Waals surface area contributed by atoms with Gasteiger partial charge in [0.25, 0.3) is 0 Å². The SMILES string of the molecule is CCCCC1CC=CCCCC1. The van der Waals surface area contributed by atoms with Crippen molar-refractivity contribution < 1.29 is 0 Å². The van der Waals surface area contributed by atoms with E-state index >= 15 is 0 Å². The van der Waals surface area contributed by atoms with Crippen LogP contribution in [0.1, 0.15) is 58.3 Å². The van der Waals surface area contributed by atoms with E-state index in [-0.39, 0.29) is 0 Å². The summed E-state index contributed by atoms with van der Waals surface area (Å²) in [7, 11) is 0. The Morgan fingerprint density at radius 2 is 2.17 bits per heavy atom. The van der Waals surface area contributed by atoms with Gasteiger partial charge in [-0.2, -0.15) is 0 Å². The van der Waals surface area contributed by atoms with E-state index in [0.717, 1.165) is 5.92 Å². The molecule has 0 nitrogen and oxygen atoms in total. The summed E-state index contributed by atoms with van der Waals surface area (Å²) in [6.07, 6.45) is 16.0. The third kappa shape index (κ3) is 3.94. The molecule has 1 aliphatic rings. The van der Waals surface area contributed by atoms with Crippen molar-refractivity contribution in [3.05, 3.63) is 12.2 Å². The Balaban J connectivity index is 2.20. The molecule has 0 heterocycles. The Morgan fingerprint density at radius 3 is 3.00 bits per heavy atom. The third-order valence-electron chi connectivity index (χ3n) is 2.84. The standard InChI is InChI=1S/C12H22/c1-2-3-9-12-10-7-5-4-6-8-11-12/h5,7,12H,2-4,6,8-11H2,1H3. The molecule has 0 heteroatoms. The first-order valence-electron chi connectivity index (χ1n) is 5.58. The van der Waals surface area contributed by atoms with Gasteiger partial charge in [0.15, 0.2) is 0 Å². The van der Waals surface area contributed by atoms with Crippen molar-refractivity contribution >= 4 is 0 Å². The summed E-state index contributed by atoms with van der Waals surface area (Å²) in [5, 5.41) is 0. The van der Waals surface area contributed by atoms with Crippen LogP contribution in [0.3, 0.4) is 0 Å². The van der Waals surface area contributed by atoms with Crippen molar-refractivity contribution in [3.8, 4) is 0 Å². The van der Waals surface area contributed by atoms with Crippen LogP contribution in [0, 0.1) is 5.92 Å². The van der Waals surface area contributed by atoms with Crippen LogP contribution < -0.4 is 0 Å². The second kappa shape index (κ2) is 6.28. The van der Waals surface area contributed by atoms with Crippen LogP contribution in [-0.2, 0) is 0 Å². The highest BCUT2D eigenvalue weighted by molar-refractivity contribution is 4.86. The molecule has 0 saturated heterocycles. The zero-order chi connectivity index (χ0) is 8.65. The maximum Gasteiger partial charge on any atom is -0.0322 e. The predicted octanol–water partition coefficient (Wildman–Crippen LogP) is 4.31. The average molecular weight is 166 g/mol. The van der Waals surface area contributed by atoms with Gasteiger partial charge in [-0.25, -0.2) is 0 Å². The average Bonchev–Trinajstić information content (AvgIpc) is 2.02. The molecule has 0 spiro atoms. The van der Waals surface area contributed by atoms with Gasteiger partial charge >= 0.3 is 0 Å². The molecule has 1 atom stereocenters. The van der Waals surface area contributed by atoms with Crippen LogP contribution in [-0.4, -0.2) is 0 Å². The number of allylic oxidation sites excluding steroid dienone is 2. The maximum absolute atomic E-state index is 2.40. The van der Waals surface area contributed by atoms with E-state index in [1.54, 1.807) is 0 Å². The lowest BCUT2D eigenvalue weighted by Crippen LogP contribution is -2.00. The minimum Gasteiger partial charge on any atom is -0.0885 e. The first kappa shape index (κ1) is 9.83. The van der Waals surface area contributed by atoms with Crippen molar-refractivity contribution in [3.63, 3.8) is 0 Å². The Kier molecular flexibility index (Phi) is 5.14. The fourth-order valence-electron chi connectivity index (χ4n) is 1.97. The summed E-state index contributed by atoms with van der Waals surface area (Å²) in [6.45, 7) is 2.29. The third-order valence-corrected chi connectivity index (χ3v) is 2.84. The van der Waals surface area contributed by atoms with Gasteiger partial charge in [0.1, 0.15) is 0 Å². The van der Waals surface area contributed by atoms with Crippen LogP contribution in [0.5, 0.6) is 0 Å². The van der Waals surface area contributed by atoms with E-state index in [2.05, 4.69) is 19.1 Å². The van der Waals surface area contributed by atoms with Crippen LogP contribution >= 0.6 is 0 Å². The first-order valence-corrected chi connectivity index (χ1v) is 5.58. The molecule has 0 aromatic rings. The Hall–Kier alpha value is -0.260. The number of unbranched alkanes of at least 4 members (excludes halogenated alkanes) is 1. The van der Waals surface area contributed by atoms with Gasteiger partial charge < -0.3 is 0 Å². The Labute approximate surface area is 77.1 Å². The summed E-state index contributed by atoms with van der Waals surface area (Å²) in [5.41, 5.74) is 0. The number of rotatable bonds is 3. The fraction of sp³-hybridized carbons (Fsp3) is 0.833. The lowest BCUT2D eigenvalue weighted by Gasteiger charge is -2.15. The molecule has 70 valence electrons. The molecular formula is C12H22. The van der Waals surface area contributed by atoms with Crippen molar-refractivity contribution in [2.75, 3.05) is 0 Å². The van der Waals surface area contributed by atoms with E-state index < -0.39 is 0 Å². The number of hydrogen-bond donors (Lipinski definition) is 0. The quantitative estimate of drug-likeness (QED) is 0.548. The van der Waals surface area contributed by atoms with Crippen LogP contribution in [0.25, 0.3) is 0 Å². The maximum atomic E-state index is 2.40. The van der Waals surface area contributed by atoms with E-state index in [4.69, 9.17) is 0 Å². The second-order valence-corrected chi connectivity index (χ2v) is 4.00. The molecule has 0 aliphatic heterocycles. The minimum atomic E-state index is 1.00.